The number of amides is 3. The number of nitrogens with zero attached hydrogens (tertiary/aromatic N) is 2. The molecule has 0 saturated heterocycles. The molecule has 0 aliphatic carbocycles. The van der Waals surface area contributed by atoms with Crippen LogP contribution in [0.4, 0.5) is 10.1 Å². The van der Waals surface area contributed by atoms with Gasteiger partial charge in [-0.05, 0) is 48.6 Å². The molecule has 6 nitrogen and oxygen atoms in total. The van der Waals surface area contributed by atoms with Gasteiger partial charge in [-0.25, -0.2) is 4.39 Å². The minimum Gasteiger partial charge on any atom is -0.354 e. The van der Waals surface area contributed by atoms with E-state index >= 15 is 0 Å². The number of nitrogens with one attached hydrogen (secondary N) is 1. The van der Waals surface area contributed by atoms with E-state index in [1.54, 1.807) is 25.1 Å². The number of carbonyl (C=O) groups is 3. The molecule has 1 aliphatic heterocycles. The Bertz CT molecular complexity index is 1200. The third-order valence-electron chi connectivity index (χ3n) is 5.93. The van der Waals surface area contributed by atoms with E-state index in [-0.39, 0.29) is 36.6 Å². The lowest BCUT2D eigenvalue weighted by Crippen LogP contribution is -2.51. The molecule has 3 amide bonds. The van der Waals surface area contributed by atoms with E-state index in [0.29, 0.717) is 23.4 Å². The van der Waals surface area contributed by atoms with E-state index in [1.807, 2.05) is 37.3 Å². The van der Waals surface area contributed by atoms with Gasteiger partial charge in [-0.15, -0.1) is 0 Å². The summed E-state index contributed by atoms with van der Waals surface area (Å²) in [6.45, 7) is 4.04. The number of hydrogen-bond donors (Lipinski definition) is 1. The van der Waals surface area contributed by atoms with Crippen molar-refractivity contribution in [2.75, 3.05) is 18.0 Å². The van der Waals surface area contributed by atoms with E-state index in [2.05, 4.69) is 5.32 Å². The number of anilines is 1. The molecule has 7 heteroatoms. The predicted molar refractivity (Wildman–Crippen MR) is 125 cm³/mol. The summed E-state index contributed by atoms with van der Waals surface area (Å²) < 4.78 is 13.4. The highest BCUT2D eigenvalue weighted by atomic mass is 19.1. The van der Waals surface area contributed by atoms with Crippen molar-refractivity contribution in [2.24, 2.45) is 0 Å². The van der Waals surface area contributed by atoms with Crippen LogP contribution in [0.1, 0.15) is 36.2 Å². The largest absolute Gasteiger partial charge is 0.354 e. The maximum atomic E-state index is 13.5. The van der Waals surface area contributed by atoms with Gasteiger partial charge in [0.1, 0.15) is 18.4 Å². The first-order valence-electron chi connectivity index (χ1n) is 11.1. The van der Waals surface area contributed by atoms with Crippen molar-refractivity contribution in [2.45, 2.75) is 32.9 Å². The first kappa shape index (κ1) is 22.5. The second-order valence-electron chi connectivity index (χ2n) is 8.19. The fourth-order valence-electron chi connectivity index (χ4n) is 4.13. The number of halogens is 1. The van der Waals surface area contributed by atoms with Crippen LogP contribution in [0.15, 0.2) is 60.7 Å². The Balaban J connectivity index is 1.61. The summed E-state index contributed by atoms with van der Waals surface area (Å²) in [6, 6.07) is 16.2. The van der Waals surface area contributed by atoms with Crippen LogP contribution in [-0.4, -0.2) is 41.8 Å². The molecule has 1 atom stereocenters. The molecule has 1 N–H and O–H groups in total. The van der Waals surface area contributed by atoms with Crippen molar-refractivity contribution in [3.05, 3.63) is 77.6 Å². The van der Waals surface area contributed by atoms with Gasteiger partial charge in [0, 0.05) is 24.0 Å². The first-order chi connectivity index (χ1) is 15.9. The summed E-state index contributed by atoms with van der Waals surface area (Å²) in [6.07, 6.45) is 0.773. The van der Waals surface area contributed by atoms with Crippen molar-refractivity contribution in [1.29, 1.82) is 0 Å². The summed E-state index contributed by atoms with van der Waals surface area (Å²) in [7, 11) is 0. The zero-order valence-corrected chi connectivity index (χ0v) is 18.7. The van der Waals surface area contributed by atoms with E-state index in [1.165, 1.54) is 21.9 Å². The van der Waals surface area contributed by atoms with Crippen LogP contribution in [0.2, 0.25) is 0 Å². The third kappa shape index (κ3) is 4.44. The Labute approximate surface area is 192 Å². The van der Waals surface area contributed by atoms with Gasteiger partial charge in [-0.2, -0.15) is 0 Å². The van der Waals surface area contributed by atoms with Gasteiger partial charge >= 0.3 is 0 Å². The molecular weight excluding hydrogens is 421 g/mol. The summed E-state index contributed by atoms with van der Waals surface area (Å²) in [5.41, 5.74) is 1.94. The van der Waals surface area contributed by atoms with Crippen molar-refractivity contribution in [1.82, 2.24) is 10.2 Å². The molecule has 0 aromatic heterocycles. The molecule has 0 bridgehead atoms. The fraction of sp³-hybridized carbons (Fsp3) is 0.269. The first-order valence-corrected chi connectivity index (χ1v) is 11.1. The zero-order valence-electron chi connectivity index (χ0n) is 18.7. The van der Waals surface area contributed by atoms with Crippen LogP contribution >= 0.6 is 0 Å². The van der Waals surface area contributed by atoms with Gasteiger partial charge in [0.15, 0.2) is 0 Å². The standard InChI is InChI=1S/C26H26FN3O3/c1-3-14-28-25(32)17(2)29(15-18-10-12-20(27)13-11-18)23(31)16-30-22-9-5-7-19-6-4-8-21(24(19)22)26(30)33/h4-13,17H,3,14-16H2,1-2H3,(H,28,32)/t17-/m0/s1. The molecule has 0 fully saturated rings. The normalized spacial score (nSPS) is 13.3. The van der Waals surface area contributed by atoms with Crippen LogP contribution in [0.3, 0.4) is 0 Å². The van der Waals surface area contributed by atoms with Gasteiger partial charge in [0.2, 0.25) is 11.8 Å². The van der Waals surface area contributed by atoms with E-state index in [9.17, 15) is 18.8 Å². The lowest BCUT2D eigenvalue weighted by molar-refractivity contribution is -0.139. The quantitative estimate of drug-likeness (QED) is 0.570. The smallest absolute Gasteiger partial charge is 0.259 e. The second-order valence-corrected chi connectivity index (χ2v) is 8.19. The Morgan fingerprint density at radius 1 is 1.06 bits per heavy atom. The van der Waals surface area contributed by atoms with Crippen LogP contribution in [0, 0.1) is 5.82 Å². The molecule has 1 aliphatic rings. The predicted octanol–water partition coefficient (Wildman–Crippen LogP) is 3.88. The summed E-state index contributed by atoms with van der Waals surface area (Å²) in [5.74, 6) is -1.25. The maximum Gasteiger partial charge on any atom is 0.259 e. The third-order valence-corrected chi connectivity index (χ3v) is 5.93. The molecule has 0 radical (unpaired) electrons. The highest BCUT2D eigenvalue weighted by molar-refractivity contribution is 6.26. The van der Waals surface area contributed by atoms with E-state index < -0.39 is 6.04 Å². The minimum absolute atomic E-state index is 0.124. The minimum atomic E-state index is -0.759. The Kier molecular flexibility index (Phi) is 6.40. The molecule has 3 aromatic carbocycles. The number of carbonyl (C=O) groups excluding carboxylic acids is 3. The van der Waals surface area contributed by atoms with Gasteiger partial charge in [-0.1, -0.05) is 43.3 Å². The van der Waals surface area contributed by atoms with E-state index in [4.69, 9.17) is 0 Å². The maximum absolute atomic E-state index is 13.5. The van der Waals surface area contributed by atoms with Gasteiger partial charge in [0.05, 0.1) is 5.69 Å². The molecule has 0 spiro atoms. The summed E-state index contributed by atoms with van der Waals surface area (Å²) >= 11 is 0. The van der Waals surface area contributed by atoms with Crippen molar-refractivity contribution in [3.8, 4) is 0 Å². The van der Waals surface area contributed by atoms with Gasteiger partial charge < -0.3 is 10.2 Å². The number of hydrogen-bond acceptors (Lipinski definition) is 3. The van der Waals surface area contributed by atoms with Crippen LogP contribution in [-0.2, 0) is 16.1 Å². The van der Waals surface area contributed by atoms with E-state index in [0.717, 1.165) is 17.2 Å². The summed E-state index contributed by atoms with van der Waals surface area (Å²) in [5, 5.41) is 4.59. The molecule has 4 rings (SSSR count). The number of rotatable bonds is 8. The highest BCUT2D eigenvalue weighted by Crippen LogP contribution is 2.37. The lowest BCUT2D eigenvalue weighted by atomic mass is 10.1. The Hall–Kier alpha value is -3.74. The lowest BCUT2D eigenvalue weighted by Gasteiger charge is -2.30. The molecular formula is C26H26FN3O3. The van der Waals surface area contributed by atoms with Crippen LogP contribution in [0.5, 0.6) is 0 Å². The van der Waals surface area contributed by atoms with Crippen molar-refractivity contribution >= 4 is 34.2 Å². The Morgan fingerprint density at radius 3 is 2.45 bits per heavy atom. The molecule has 3 aromatic rings. The average molecular weight is 448 g/mol. The monoisotopic (exact) mass is 447 g/mol. The Morgan fingerprint density at radius 2 is 1.76 bits per heavy atom. The molecule has 0 saturated carbocycles. The summed E-state index contributed by atoms with van der Waals surface area (Å²) in [4.78, 5) is 42.2. The molecule has 170 valence electrons. The topological polar surface area (TPSA) is 69.7 Å². The van der Waals surface area contributed by atoms with Crippen LogP contribution < -0.4 is 10.2 Å². The zero-order chi connectivity index (χ0) is 23.5. The SMILES string of the molecule is CCCNC(=O)[C@H](C)N(Cc1ccc(F)cc1)C(=O)CN1C(=O)c2cccc3cccc1c23. The molecule has 33 heavy (non-hydrogen) atoms. The molecule has 0 unspecified atom stereocenters. The van der Waals surface area contributed by atoms with Crippen molar-refractivity contribution < 1.29 is 18.8 Å². The second kappa shape index (κ2) is 9.40. The van der Waals surface area contributed by atoms with Gasteiger partial charge in [-0.3, -0.25) is 19.3 Å². The fourth-order valence-corrected chi connectivity index (χ4v) is 4.13. The molecule has 1 heterocycles. The highest BCUT2D eigenvalue weighted by Gasteiger charge is 2.34. The van der Waals surface area contributed by atoms with Crippen molar-refractivity contribution in [3.63, 3.8) is 0 Å². The van der Waals surface area contributed by atoms with Crippen LogP contribution in [0.25, 0.3) is 10.8 Å². The van der Waals surface area contributed by atoms with Gasteiger partial charge in [0.25, 0.3) is 5.91 Å². The average Bonchev–Trinajstić information content (AvgIpc) is 3.09. The number of benzene rings is 3.